The van der Waals surface area contributed by atoms with E-state index in [2.05, 4.69) is 25.1 Å². The van der Waals surface area contributed by atoms with E-state index in [4.69, 9.17) is 0 Å². The molecule has 0 aromatic heterocycles. The van der Waals surface area contributed by atoms with Crippen LogP contribution in [0.25, 0.3) is 0 Å². The standard InChI is InChI=1S/C17H22N2OS/c1-14-5-3-4-6-15(14)7-8-16(20)19-11-9-17(13-18,21-2)10-12-19/h3-6H,7-12H2,1-2H3. The smallest absolute Gasteiger partial charge is 0.222 e. The molecule has 0 spiro atoms. The predicted octanol–water partition coefficient (Wildman–Crippen LogP) is 3.18. The largest absolute Gasteiger partial charge is 0.343 e. The minimum Gasteiger partial charge on any atom is -0.343 e. The van der Waals surface area contributed by atoms with Gasteiger partial charge in [0.1, 0.15) is 4.75 Å². The molecule has 1 aromatic carbocycles. The Morgan fingerprint density at radius 3 is 2.62 bits per heavy atom. The molecular formula is C17H22N2OS. The average molecular weight is 302 g/mol. The van der Waals surface area contributed by atoms with Crippen molar-refractivity contribution in [2.45, 2.75) is 37.4 Å². The van der Waals surface area contributed by atoms with Gasteiger partial charge in [0.25, 0.3) is 0 Å². The molecule has 1 aromatic rings. The highest BCUT2D eigenvalue weighted by molar-refractivity contribution is 8.00. The third kappa shape index (κ3) is 3.79. The lowest BCUT2D eigenvalue weighted by Crippen LogP contribution is -2.44. The number of likely N-dealkylation sites (tertiary alicyclic amines) is 1. The molecule has 0 N–H and O–H groups in total. The normalized spacial score (nSPS) is 17.3. The van der Waals surface area contributed by atoms with Crippen molar-refractivity contribution in [2.75, 3.05) is 19.3 Å². The van der Waals surface area contributed by atoms with Gasteiger partial charge in [0, 0.05) is 19.5 Å². The number of aryl methyl sites for hydroxylation is 2. The van der Waals surface area contributed by atoms with E-state index in [1.54, 1.807) is 11.8 Å². The Bertz CT molecular complexity index is 542. The molecule has 1 saturated heterocycles. The van der Waals surface area contributed by atoms with E-state index in [0.717, 1.165) is 19.3 Å². The second-order valence-electron chi connectivity index (χ2n) is 5.62. The Hall–Kier alpha value is -1.47. The summed E-state index contributed by atoms with van der Waals surface area (Å²) in [5.41, 5.74) is 2.49. The van der Waals surface area contributed by atoms with Crippen LogP contribution in [0.15, 0.2) is 24.3 Å². The fraction of sp³-hybridized carbons (Fsp3) is 0.529. The van der Waals surface area contributed by atoms with Crippen LogP contribution in [-0.2, 0) is 11.2 Å². The van der Waals surface area contributed by atoms with E-state index in [1.165, 1.54) is 11.1 Å². The highest BCUT2D eigenvalue weighted by Gasteiger charge is 2.35. The molecule has 4 heteroatoms. The molecule has 112 valence electrons. The van der Waals surface area contributed by atoms with Gasteiger partial charge in [-0.3, -0.25) is 4.79 Å². The van der Waals surface area contributed by atoms with Crippen molar-refractivity contribution in [2.24, 2.45) is 0 Å². The highest BCUT2D eigenvalue weighted by atomic mass is 32.2. The predicted molar refractivity (Wildman–Crippen MR) is 87.2 cm³/mol. The monoisotopic (exact) mass is 302 g/mol. The molecule has 0 radical (unpaired) electrons. The van der Waals surface area contributed by atoms with Crippen LogP contribution in [0.4, 0.5) is 0 Å². The van der Waals surface area contributed by atoms with Gasteiger partial charge in [0.05, 0.1) is 6.07 Å². The van der Waals surface area contributed by atoms with Crippen molar-refractivity contribution < 1.29 is 4.79 Å². The number of amides is 1. The van der Waals surface area contributed by atoms with Gasteiger partial charge in [-0.05, 0) is 43.6 Å². The van der Waals surface area contributed by atoms with Crippen LogP contribution in [0.3, 0.4) is 0 Å². The van der Waals surface area contributed by atoms with Crippen LogP contribution < -0.4 is 0 Å². The lowest BCUT2D eigenvalue weighted by atomic mass is 9.96. The molecule has 1 aliphatic rings. The van der Waals surface area contributed by atoms with Gasteiger partial charge in [0.15, 0.2) is 0 Å². The number of carbonyl (C=O) groups excluding carboxylic acids is 1. The molecule has 21 heavy (non-hydrogen) atoms. The summed E-state index contributed by atoms with van der Waals surface area (Å²) in [6, 6.07) is 10.6. The summed E-state index contributed by atoms with van der Waals surface area (Å²) in [6.07, 6.45) is 4.90. The molecule has 0 saturated carbocycles. The highest BCUT2D eigenvalue weighted by Crippen LogP contribution is 2.33. The fourth-order valence-corrected chi connectivity index (χ4v) is 3.45. The van der Waals surface area contributed by atoms with Crippen molar-refractivity contribution in [3.8, 4) is 6.07 Å². The number of carbonyl (C=O) groups is 1. The summed E-state index contributed by atoms with van der Waals surface area (Å²) >= 11 is 1.62. The number of nitrogens with zero attached hydrogens (tertiary/aromatic N) is 2. The molecule has 1 heterocycles. The molecule has 1 aliphatic heterocycles. The van der Waals surface area contributed by atoms with Crippen LogP contribution in [0.5, 0.6) is 0 Å². The molecule has 2 rings (SSSR count). The molecule has 1 fully saturated rings. The second-order valence-corrected chi connectivity index (χ2v) is 6.81. The number of hydrogen-bond acceptors (Lipinski definition) is 3. The summed E-state index contributed by atoms with van der Waals surface area (Å²) in [6.45, 7) is 3.50. The lowest BCUT2D eigenvalue weighted by Gasteiger charge is -2.36. The van der Waals surface area contributed by atoms with Crippen molar-refractivity contribution in [3.63, 3.8) is 0 Å². The number of piperidine rings is 1. The van der Waals surface area contributed by atoms with Crippen LogP contribution in [0.2, 0.25) is 0 Å². The zero-order chi connectivity index (χ0) is 15.3. The average Bonchev–Trinajstić information content (AvgIpc) is 2.54. The summed E-state index contributed by atoms with van der Waals surface area (Å²) < 4.78 is -0.285. The van der Waals surface area contributed by atoms with Crippen LogP contribution in [-0.4, -0.2) is 34.9 Å². The summed E-state index contributed by atoms with van der Waals surface area (Å²) in [7, 11) is 0. The number of benzene rings is 1. The molecule has 1 amide bonds. The van der Waals surface area contributed by atoms with E-state index in [-0.39, 0.29) is 10.7 Å². The van der Waals surface area contributed by atoms with Gasteiger partial charge in [-0.1, -0.05) is 24.3 Å². The third-order valence-electron chi connectivity index (χ3n) is 4.39. The van der Waals surface area contributed by atoms with Gasteiger partial charge >= 0.3 is 0 Å². The van der Waals surface area contributed by atoms with Gasteiger partial charge in [-0.15, -0.1) is 11.8 Å². The van der Waals surface area contributed by atoms with Crippen molar-refractivity contribution in [1.29, 1.82) is 5.26 Å². The van der Waals surface area contributed by atoms with Crippen LogP contribution in [0.1, 0.15) is 30.4 Å². The molecular weight excluding hydrogens is 280 g/mol. The van der Waals surface area contributed by atoms with E-state index in [9.17, 15) is 10.1 Å². The van der Waals surface area contributed by atoms with Gasteiger partial charge < -0.3 is 4.90 Å². The Morgan fingerprint density at radius 1 is 1.38 bits per heavy atom. The quantitative estimate of drug-likeness (QED) is 0.858. The first-order valence-corrected chi connectivity index (χ1v) is 8.61. The van der Waals surface area contributed by atoms with Gasteiger partial charge in [-0.2, -0.15) is 5.26 Å². The minimum absolute atomic E-state index is 0.214. The molecule has 0 unspecified atom stereocenters. The lowest BCUT2D eigenvalue weighted by molar-refractivity contribution is -0.132. The first-order chi connectivity index (χ1) is 10.1. The van der Waals surface area contributed by atoms with Gasteiger partial charge in [-0.25, -0.2) is 0 Å². The maximum absolute atomic E-state index is 12.3. The topological polar surface area (TPSA) is 44.1 Å². The molecule has 3 nitrogen and oxygen atoms in total. The maximum Gasteiger partial charge on any atom is 0.222 e. The van der Waals surface area contributed by atoms with Crippen LogP contribution in [0, 0.1) is 18.3 Å². The number of hydrogen-bond donors (Lipinski definition) is 0. The van der Waals surface area contributed by atoms with Crippen molar-refractivity contribution in [3.05, 3.63) is 35.4 Å². The van der Waals surface area contributed by atoms with Crippen molar-refractivity contribution in [1.82, 2.24) is 4.90 Å². The first-order valence-electron chi connectivity index (χ1n) is 7.39. The van der Waals surface area contributed by atoms with Crippen molar-refractivity contribution >= 4 is 17.7 Å². The molecule has 0 aliphatic carbocycles. The minimum atomic E-state index is -0.285. The maximum atomic E-state index is 12.3. The summed E-state index contributed by atoms with van der Waals surface area (Å²) in [4.78, 5) is 14.2. The Kier molecular flexibility index (Phi) is 5.30. The summed E-state index contributed by atoms with van der Waals surface area (Å²) in [5, 5.41) is 9.27. The SMILES string of the molecule is CSC1(C#N)CCN(C(=O)CCc2ccccc2C)CC1. The van der Waals surface area contributed by atoms with Crippen LogP contribution >= 0.6 is 11.8 Å². The summed E-state index contributed by atoms with van der Waals surface area (Å²) in [5.74, 6) is 0.214. The third-order valence-corrected chi connectivity index (χ3v) is 5.67. The van der Waals surface area contributed by atoms with E-state index in [1.807, 2.05) is 23.3 Å². The molecule has 0 bridgehead atoms. The number of nitriles is 1. The number of rotatable bonds is 4. The van der Waals surface area contributed by atoms with E-state index < -0.39 is 0 Å². The fourth-order valence-electron chi connectivity index (χ4n) is 2.77. The Balaban J connectivity index is 1.86. The Morgan fingerprint density at radius 2 is 2.05 bits per heavy atom. The van der Waals surface area contributed by atoms with Gasteiger partial charge in [0.2, 0.25) is 5.91 Å². The zero-order valence-electron chi connectivity index (χ0n) is 12.8. The molecule has 0 atom stereocenters. The Labute approximate surface area is 131 Å². The first kappa shape index (κ1) is 15.9. The van der Waals surface area contributed by atoms with E-state index >= 15 is 0 Å². The second kappa shape index (κ2) is 7.00. The number of thioether (sulfide) groups is 1. The van der Waals surface area contributed by atoms with E-state index in [0.29, 0.717) is 19.5 Å². The zero-order valence-corrected chi connectivity index (χ0v) is 13.6.